The molecule has 0 radical (unpaired) electrons. The number of aryl methyl sites for hydroxylation is 1. The molecule has 2 amide bonds. The first kappa shape index (κ1) is 26.4. The molecule has 0 unspecified atom stereocenters. The third kappa shape index (κ3) is 9.24. The van der Waals surface area contributed by atoms with Gasteiger partial charge in [-0.3, -0.25) is 14.4 Å². The molecule has 8 heteroatoms. The summed E-state index contributed by atoms with van der Waals surface area (Å²) in [5, 5.41) is 5.95. The third-order valence-corrected chi connectivity index (χ3v) is 5.40. The van der Waals surface area contributed by atoms with E-state index in [-0.39, 0.29) is 37.2 Å². The lowest BCUT2D eigenvalue weighted by molar-refractivity contribution is -0.129. The maximum atomic E-state index is 12.6. The fourth-order valence-electron chi connectivity index (χ4n) is 3.25. The number of likely N-dealkylation sites (N-methyl/N-ethyl adjacent to an activating group) is 1. The minimum atomic E-state index is -0.609. The smallest absolute Gasteiger partial charge is 0.257 e. The molecule has 0 heterocycles. The summed E-state index contributed by atoms with van der Waals surface area (Å²) in [7, 11) is 0. The average molecular weight is 474 g/mol. The predicted octanol–water partition coefficient (Wildman–Crippen LogP) is 3.03. The van der Waals surface area contributed by atoms with Crippen LogP contribution in [0.15, 0.2) is 48.5 Å². The molecular formula is C25H32ClN3O4. The highest BCUT2D eigenvalue weighted by atomic mass is 35.5. The van der Waals surface area contributed by atoms with Gasteiger partial charge in [-0.05, 0) is 43.5 Å². The van der Waals surface area contributed by atoms with E-state index in [1.165, 1.54) is 0 Å². The Labute approximate surface area is 200 Å². The van der Waals surface area contributed by atoms with E-state index in [0.717, 1.165) is 5.56 Å². The van der Waals surface area contributed by atoms with E-state index in [9.17, 15) is 14.4 Å². The molecule has 0 aromatic heterocycles. The van der Waals surface area contributed by atoms with Crippen molar-refractivity contribution in [3.8, 4) is 5.75 Å². The van der Waals surface area contributed by atoms with Crippen molar-refractivity contribution in [2.75, 3.05) is 13.2 Å². The number of halogens is 1. The Balaban J connectivity index is 1.84. The van der Waals surface area contributed by atoms with Crippen molar-refractivity contribution in [2.24, 2.45) is 11.7 Å². The largest absolute Gasteiger partial charge is 0.483 e. The van der Waals surface area contributed by atoms with Crippen LogP contribution in [-0.4, -0.2) is 36.8 Å². The Morgan fingerprint density at radius 2 is 1.82 bits per heavy atom. The van der Waals surface area contributed by atoms with E-state index in [2.05, 4.69) is 10.6 Å². The number of Topliss-reactive ketones (excluding diaryl/α,β-unsaturated/α-hetero) is 1. The van der Waals surface area contributed by atoms with Gasteiger partial charge < -0.3 is 21.1 Å². The first-order chi connectivity index (χ1) is 15.8. The topological polar surface area (TPSA) is 111 Å². The van der Waals surface area contributed by atoms with Crippen LogP contribution in [-0.2, 0) is 27.3 Å². The number of hydrogen-bond donors (Lipinski definition) is 3. The molecule has 0 saturated heterocycles. The Hall–Kier alpha value is -2.90. The Morgan fingerprint density at radius 3 is 2.52 bits per heavy atom. The number of nitrogens with two attached hydrogens (primary N) is 1. The number of hydrogen-bond acceptors (Lipinski definition) is 5. The van der Waals surface area contributed by atoms with Gasteiger partial charge in [0.15, 0.2) is 6.61 Å². The zero-order valence-corrected chi connectivity index (χ0v) is 19.9. The van der Waals surface area contributed by atoms with Crippen molar-refractivity contribution in [3.05, 3.63) is 64.7 Å². The molecule has 0 saturated carbocycles. The van der Waals surface area contributed by atoms with Gasteiger partial charge in [-0.15, -0.1) is 0 Å². The minimum absolute atomic E-state index is 0.0673. The van der Waals surface area contributed by atoms with Gasteiger partial charge in [0, 0.05) is 36.0 Å². The van der Waals surface area contributed by atoms with Crippen molar-refractivity contribution < 1.29 is 19.1 Å². The molecule has 0 fully saturated rings. The molecule has 2 rings (SSSR count). The summed E-state index contributed by atoms with van der Waals surface area (Å²) in [5.74, 6) is -0.717. The maximum absolute atomic E-state index is 12.6. The second-order valence-corrected chi connectivity index (χ2v) is 8.35. The van der Waals surface area contributed by atoms with Gasteiger partial charge in [-0.2, -0.15) is 0 Å². The predicted molar refractivity (Wildman–Crippen MR) is 129 cm³/mol. The minimum Gasteiger partial charge on any atom is -0.483 e. The number of benzene rings is 2. The SMILES string of the molecule is CCNC(=O)COc1ccc(Cl)cc1CNC(=O)[C@H](C)CC(=O)[C@H](N)CCc1ccccc1. The first-order valence-corrected chi connectivity index (χ1v) is 11.5. The van der Waals surface area contributed by atoms with Gasteiger partial charge in [-0.1, -0.05) is 48.9 Å². The number of ketones is 1. The maximum Gasteiger partial charge on any atom is 0.257 e. The van der Waals surface area contributed by atoms with Crippen LogP contribution >= 0.6 is 11.6 Å². The van der Waals surface area contributed by atoms with E-state index < -0.39 is 12.0 Å². The van der Waals surface area contributed by atoms with Crippen LogP contribution in [0.25, 0.3) is 0 Å². The van der Waals surface area contributed by atoms with Gasteiger partial charge in [0.05, 0.1) is 6.04 Å². The number of ether oxygens (including phenoxy) is 1. The lowest BCUT2D eigenvalue weighted by Crippen LogP contribution is -2.36. The van der Waals surface area contributed by atoms with Crippen molar-refractivity contribution in [3.63, 3.8) is 0 Å². The van der Waals surface area contributed by atoms with Gasteiger partial charge >= 0.3 is 0 Å². The highest BCUT2D eigenvalue weighted by Gasteiger charge is 2.21. The zero-order valence-electron chi connectivity index (χ0n) is 19.1. The van der Waals surface area contributed by atoms with Crippen molar-refractivity contribution in [1.82, 2.24) is 10.6 Å². The molecule has 0 aliphatic heterocycles. The second-order valence-electron chi connectivity index (χ2n) is 7.91. The first-order valence-electron chi connectivity index (χ1n) is 11.1. The monoisotopic (exact) mass is 473 g/mol. The molecule has 2 atom stereocenters. The summed E-state index contributed by atoms with van der Waals surface area (Å²) in [6.45, 7) is 4.05. The molecule has 0 spiro atoms. The van der Waals surface area contributed by atoms with E-state index in [1.54, 1.807) is 25.1 Å². The molecular weight excluding hydrogens is 442 g/mol. The second kappa shape index (κ2) is 13.6. The fraction of sp³-hybridized carbons (Fsp3) is 0.400. The summed E-state index contributed by atoms with van der Waals surface area (Å²) in [6.07, 6.45) is 1.31. The molecule has 4 N–H and O–H groups in total. The summed E-state index contributed by atoms with van der Waals surface area (Å²) in [6, 6.07) is 14.2. The van der Waals surface area contributed by atoms with E-state index >= 15 is 0 Å². The van der Waals surface area contributed by atoms with E-state index in [1.807, 2.05) is 37.3 Å². The molecule has 0 aliphatic carbocycles. The van der Waals surface area contributed by atoms with Gasteiger partial charge in [0.25, 0.3) is 5.91 Å². The van der Waals surface area contributed by atoms with Crippen LogP contribution in [0, 0.1) is 5.92 Å². The molecule has 7 nitrogen and oxygen atoms in total. The van der Waals surface area contributed by atoms with Gasteiger partial charge in [0.2, 0.25) is 5.91 Å². The van der Waals surface area contributed by atoms with Crippen molar-refractivity contribution in [2.45, 2.75) is 45.7 Å². The summed E-state index contributed by atoms with van der Waals surface area (Å²) < 4.78 is 5.57. The zero-order chi connectivity index (χ0) is 24.2. The van der Waals surface area contributed by atoms with Gasteiger partial charge in [0.1, 0.15) is 11.5 Å². The Bertz CT molecular complexity index is 937. The molecule has 33 heavy (non-hydrogen) atoms. The van der Waals surface area contributed by atoms with Crippen LogP contribution in [0.4, 0.5) is 0 Å². The normalized spacial score (nSPS) is 12.5. The van der Waals surface area contributed by atoms with E-state index in [0.29, 0.717) is 35.7 Å². The molecule has 2 aromatic rings. The quantitative estimate of drug-likeness (QED) is 0.414. The van der Waals surface area contributed by atoms with Crippen LogP contribution < -0.4 is 21.1 Å². The van der Waals surface area contributed by atoms with Gasteiger partial charge in [-0.25, -0.2) is 0 Å². The highest BCUT2D eigenvalue weighted by molar-refractivity contribution is 6.30. The number of carbonyl (C=O) groups excluding carboxylic acids is 3. The van der Waals surface area contributed by atoms with Crippen LogP contribution in [0.2, 0.25) is 5.02 Å². The van der Waals surface area contributed by atoms with E-state index in [4.69, 9.17) is 22.1 Å². The van der Waals surface area contributed by atoms with Crippen LogP contribution in [0.1, 0.15) is 37.8 Å². The molecule has 0 aliphatic rings. The third-order valence-electron chi connectivity index (χ3n) is 5.16. The van der Waals surface area contributed by atoms with Crippen molar-refractivity contribution >= 4 is 29.2 Å². The lowest BCUT2D eigenvalue weighted by Gasteiger charge is -2.16. The van der Waals surface area contributed by atoms with Crippen LogP contribution in [0.5, 0.6) is 5.75 Å². The number of carbonyl (C=O) groups is 3. The standard InChI is InChI=1S/C25H32ClN3O4/c1-3-28-24(31)16-33-23-12-10-20(26)14-19(23)15-29-25(32)17(2)13-22(30)21(27)11-9-18-7-5-4-6-8-18/h4-8,10,12,14,17,21H,3,9,11,13,15-16,27H2,1-2H3,(H,28,31)(H,29,32)/t17-,21-/m1/s1. The molecule has 178 valence electrons. The summed E-state index contributed by atoms with van der Waals surface area (Å²) in [5.41, 5.74) is 7.81. The molecule has 0 bridgehead atoms. The highest BCUT2D eigenvalue weighted by Crippen LogP contribution is 2.23. The lowest BCUT2D eigenvalue weighted by atomic mass is 9.96. The summed E-state index contributed by atoms with van der Waals surface area (Å²) >= 11 is 6.08. The fourth-order valence-corrected chi connectivity index (χ4v) is 3.44. The van der Waals surface area contributed by atoms with Crippen LogP contribution in [0.3, 0.4) is 0 Å². The average Bonchev–Trinajstić information content (AvgIpc) is 2.81. The Morgan fingerprint density at radius 1 is 1.09 bits per heavy atom. The number of amides is 2. The number of rotatable bonds is 13. The number of nitrogens with one attached hydrogen (secondary N) is 2. The summed E-state index contributed by atoms with van der Waals surface area (Å²) in [4.78, 5) is 36.7. The Kier molecular flexibility index (Phi) is 10.9. The molecule has 2 aromatic carbocycles. The van der Waals surface area contributed by atoms with Crippen molar-refractivity contribution in [1.29, 1.82) is 0 Å².